The predicted octanol–water partition coefficient (Wildman–Crippen LogP) is 3.96. The predicted molar refractivity (Wildman–Crippen MR) is 91.5 cm³/mol. The van der Waals surface area contributed by atoms with Gasteiger partial charge in [0.05, 0.1) is 0 Å². The van der Waals surface area contributed by atoms with E-state index in [4.69, 9.17) is 0 Å². The Morgan fingerprint density at radius 2 is 1.19 bits per heavy atom. The molecule has 0 nitrogen and oxygen atoms in total. The minimum absolute atomic E-state index is 1.13. The maximum absolute atomic E-state index is 4.29. The van der Waals surface area contributed by atoms with Crippen molar-refractivity contribution in [2.75, 3.05) is 0 Å². The van der Waals surface area contributed by atoms with Gasteiger partial charge in [-0.3, -0.25) is 0 Å². The molecule has 1 aliphatic carbocycles. The largest absolute Gasteiger partial charge is 0.0911 e. The van der Waals surface area contributed by atoms with E-state index < -0.39 is 0 Å². The van der Waals surface area contributed by atoms with Gasteiger partial charge in [-0.1, -0.05) is 61.2 Å². The summed E-state index contributed by atoms with van der Waals surface area (Å²) in [5, 5.41) is 13.3. The molecule has 0 N–H and O–H groups in total. The van der Waals surface area contributed by atoms with Crippen molar-refractivity contribution >= 4 is 45.0 Å². The fourth-order valence-corrected chi connectivity index (χ4v) is 3.90. The summed E-state index contributed by atoms with van der Waals surface area (Å²) in [4.78, 5) is 0. The summed E-state index contributed by atoms with van der Waals surface area (Å²) < 4.78 is 0. The Balaban J connectivity index is 2.47. The van der Waals surface area contributed by atoms with E-state index in [9.17, 15) is 0 Å². The fraction of sp³-hybridized carbons (Fsp3) is 0.0476. The molecule has 0 unspecified atom stereocenters. The topological polar surface area (TPSA) is 0 Å². The van der Waals surface area contributed by atoms with Crippen LogP contribution in [0.1, 0.15) is 6.92 Å². The van der Waals surface area contributed by atoms with Gasteiger partial charge in [0, 0.05) is 0 Å². The maximum atomic E-state index is 4.29. The van der Waals surface area contributed by atoms with Crippen LogP contribution in [-0.4, -0.2) is 0 Å². The highest BCUT2D eigenvalue weighted by Crippen LogP contribution is 2.35. The normalized spacial score (nSPS) is 13.5. The molecule has 0 heterocycles. The minimum Gasteiger partial charge on any atom is -0.0911 e. The van der Waals surface area contributed by atoms with Crippen molar-refractivity contribution in [3.63, 3.8) is 0 Å². The molecule has 0 saturated carbocycles. The first-order valence-electron chi connectivity index (χ1n) is 7.36. The fourth-order valence-electron chi connectivity index (χ4n) is 3.90. The Kier molecular flexibility index (Phi) is 1.87. The molecular weight excluding hydrogens is 252 g/mol. The molecule has 4 aromatic carbocycles. The first-order valence-corrected chi connectivity index (χ1v) is 7.36. The highest BCUT2D eigenvalue weighted by Gasteiger charge is 2.14. The van der Waals surface area contributed by atoms with Crippen LogP contribution in [0.2, 0.25) is 0 Å². The molecule has 0 aromatic heterocycles. The molecular formula is C21H14. The van der Waals surface area contributed by atoms with Crippen molar-refractivity contribution in [1.82, 2.24) is 0 Å². The van der Waals surface area contributed by atoms with Gasteiger partial charge in [0.15, 0.2) is 0 Å². The monoisotopic (exact) mass is 266 g/mol. The number of rotatable bonds is 0. The summed E-state index contributed by atoms with van der Waals surface area (Å²) in [6.07, 6.45) is 2.21. The highest BCUT2D eigenvalue weighted by atomic mass is 14.2. The summed E-state index contributed by atoms with van der Waals surface area (Å²) in [6, 6.07) is 17.7. The van der Waals surface area contributed by atoms with Crippen LogP contribution in [0, 0.1) is 10.4 Å². The molecule has 0 heteroatoms. The zero-order valence-electron chi connectivity index (χ0n) is 11.9. The lowest BCUT2D eigenvalue weighted by molar-refractivity contribution is 1.50. The van der Waals surface area contributed by atoms with Crippen molar-refractivity contribution in [1.29, 1.82) is 0 Å². The molecule has 0 fully saturated rings. The SMILES string of the molecule is C=c1ccc2ccc3ccc4cc/c(=C/C)c5c4c3c2c1=5. The Morgan fingerprint density at radius 1 is 0.667 bits per heavy atom. The van der Waals surface area contributed by atoms with Gasteiger partial charge in [-0.25, -0.2) is 0 Å². The standard InChI is InChI=1S/C21H14/c1-3-13-6-7-15-10-11-16-9-8-14-5-4-12(2)17-18(13)20(15)21(16)19(14)17/h3-11H,2H2,1H3/b13-3-. The van der Waals surface area contributed by atoms with E-state index >= 15 is 0 Å². The van der Waals surface area contributed by atoms with Crippen molar-refractivity contribution < 1.29 is 0 Å². The smallest absolute Gasteiger partial charge is 0.00139 e. The molecule has 98 valence electrons. The van der Waals surface area contributed by atoms with E-state index in [1.807, 2.05) is 0 Å². The molecule has 0 spiro atoms. The van der Waals surface area contributed by atoms with E-state index in [1.165, 1.54) is 48.0 Å². The Labute approximate surface area is 121 Å². The molecule has 0 atom stereocenters. The molecule has 0 amide bonds. The summed E-state index contributed by atoms with van der Waals surface area (Å²) in [5.74, 6) is 0. The van der Waals surface area contributed by atoms with Crippen LogP contribution >= 0.6 is 0 Å². The van der Waals surface area contributed by atoms with Gasteiger partial charge in [0.1, 0.15) is 0 Å². The third-order valence-corrected chi connectivity index (χ3v) is 4.83. The summed E-state index contributed by atoms with van der Waals surface area (Å²) in [6.45, 7) is 6.41. The maximum Gasteiger partial charge on any atom is -0.00139 e. The lowest BCUT2D eigenvalue weighted by Gasteiger charge is -2.04. The zero-order chi connectivity index (χ0) is 14.1. The first-order chi connectivity index (χ1) is 10.3. The molecule has 0 radical (unpaired) electrons. The van der Waals surface area contributed by atoms with Gasteiger partial charge in [-0.05, 0) is 60.1 Å². The second kappa shape index (κ2) is 3.53. The Bertz CT molecular complexity index is 1290. The van der Waals surface area contributed by atoms with Crippen LogP contribution in [-0.2, 0) is 0 Å². The van der Waals surface area contributed by atoms with E-state index in [0.29, 0.717) is 0 Å². The van der Waals surface area contributed by atoms with Crippen LogP contribution in [0.25, 0.3) is 45.0 Å². The first kappa shape index (κ1) is 11.1. The van der Waals surface area contributed by atoms with E-state index in [2.05, 4.69) is 68.1 Å². The summed E-state index contributed by atoms with van der Waals surface area (Å²) >= 11 is 0. The lowest BCUT2D eigenvalue weighted by Crippen LogP contribution is -2.06. The summed E-state index contributed by atoms with van der Waals surface area (Å²) in [5.41, 5.74) is 0. The van der Waals surface area contributed by atoms with Crippen LogP contribution in [0.5, 0.6) is 0 Å². The average molecular weight is 266 g/mol. The molecule has 21 heavy (non-hydrogen) atoms. The molecule has 4 aromatic rings. The van der Waals surface area contributed by atoms with Gasteiger partial charge in [0.2, 0.25) is 0 Å². The average Bonchev–Trinajstić information content (AvgIpc) is 2.89. The van der Waals surface area contributed by atoms with Crippen LogP contribution in [0.15, 0.2) is 48.5 Å². The molecule has 1 aliphatic rings. The van der Waals surface area contributed by atoms with E-state index in [0.717, 1.165) is 5.22 Å². The molecule has 5 rings (SSSR count). The van der Waals surface area contributed by atoms with Crippen molar-refractivity contribution in [2.24, 2.45) is 0 Å². The van der Waals surface area contributed by atoms with E-state index in [-0.39, 0.29) is 0 Å². The van der Waals surface area contributed by atoms with Gasteiger partial charge in [-0.2, -0.15) is 0 Å². The van der Waals surface area contributed by atoms with Crippen LogP contribution < -0.4 is 10.4 Å². The third kappa shape index (κ3) is 1.17. The molecule has 0 aliphatic heterocycles. The van der Waals surface area contributed by atoms with Crippen molar-refractivity contribution in [3.05, 3.63) is 69.4 Å². The van der Waals surface area contributed by atoms with Crippen LogP contribution in [0.4, 0.5) is 0 Å². The number of hydrogen-bond acceptors (Lipinski definition) is 0. The summed E-state index contributed by atoms with van der Waals surface area (Å²) in [7, 11) is 0. The Hall–Kier alpha value is -2.60. The minimum atomic E-state index is 1.13. The van der Waals surface area contributed by atoms with Crippen molar-refractivity contribution in [3.8, 4) is 0 Å². The van der Waals surface area contributed by atoms with Gasteiger partial charge in [0.25, 0.3) is 0 Å². The number of hydrogen-bond donors (Lipinski definition) is 0. The highest BCUT2D eigenvalue weighted by molar-refractivity contribution is 6.22. The Morgan fingerprint density at radius 3 is 1.86 bits per heavy atom. The third-order valence-electron chi connectivity index (χ3n) is 4.83. The zero-order valence-corrected chi connectivity index (χ0v) is 11.9. The van der Waals surface area contributed by atoms with Gasteiger partial charge >= 0.3 is 0 Å². The van der Waals surface area contributed by atoms with Gasteiger partial charge < -0.3 is 0 Å². The quantitative estimate of drug-likeness (QED) is 0.372. The molecule has 0 saturated heterocycles. The van der Waals surface area contributed by atoms with Gasteiger partial charge in [-0.15, -0.1) is 0 Å². The second-order valence-corrected chi connectivity index (χ2v) is 5.84. The van der Waals surface area contributed by atoms with E-state index in [1.54, 1.807) is 0 Å². The number of benzene rings is 4. The van der Waals surface area contributed by atoms with Crippen LogP contribution in [0.3, 0.4) is 0 Å². The second-order valence-electron chi connectivity index (χ2n) is 5.84. The molecule has 0 bridgehead atoms. The van der Waals surface area contributed by atoms with Crippen molar-refractivity contribution in [2.45, 2.75) is 6.92 Å². The lowest BCUT2D eigenvalue weighted by atomic mass is 9.99.